The monoisotopic (exact) mass is 658 g/mol. The normalized spacial score (nSPS) is 21.8. The van der Waals surface area contributed by atoms with Crippen molar-refractivity contribution < 1.29 is 37.5 Å². The third kappa shape index (κ3) is 6.76. The Labute approximate surface area is 270 Å². The van der Waals surface area contributed by atoms with Crippen LogP contribution in [0, 0.1) is 35.5 Å². The van der Waals surface area contributed by atoms with Crippen LogP contribution in [-0.4, -0.2) is 72.7 Å². The lowest BCUT2D eigenvalue weighted by molar-refractivity contribution is -0.140. The van der Waals surface area contributed by atoms with Gasteiger partial charge in [0.1, 0.15) is 5.78 Å². The summed E-state index contributed by atoms with van der Waals surface area (Å²) in [6.07, 6.45) is 2.35. The van der Waals surface area contributed by atoms with Gasteiger partial charge < -0.3 is 20.3 Å². The Balaban J connectivity index is 1.44. The number of amides is 2. The number of nitrogens with zero attached hydrogens (tertiary/aromatic N) is 1. The van der Waals surface area contributed by atoms with Crippen LogP contribution in [0.25, 0.3) is 10.9 Å². The molecule has 2 saturated carbocycles. The quantitative estimate of drug-likeness (QED) is 0.225. The molecule has 0 aliphatic heterocycles. The molecule has 4 unspecified atom stereocenters. The second-order valence-corrected chi connectivity index (χ2v) is 15.5. The highest BCUT2D eigenvalue weighted by molar-refractivity contribution is 7.89. The second-order valence-electron chi connectivity index (χ2n) is 13.7. The number of para-hydroxylation sites is 1. The molecule has 2 aliphatic rings. The Kier molecular flexibility index (Phi) is 10.2. The van der Waals surface area contributed by atoms with Crippen molar-refractivity contribution in [2.75, 3.05) is 23.7 Å². The van der Waals surface area contributed by atoms with E-state index in [4.69, 9.17) is 0 Å². The highest BCUT2D eigenvalue weighted by atomic mass is 32.2. The van der Waals surface area contributed by atoms with Gasteiger partial charge in [0.05, 0.1) is 36.0 Å². The van der Waals surface area contributed by atoms with Gasteiger partial charge in [-0.2, -0.15) is 0 Å². The number of H-pyrrole nitrogens is 1. The first-order valence-corrected chi connectivity index (χ1v) is 17.5. The van der Waals surface area contributed by atoms with Crippen molar-refractivity contribution in [1.82, 2.24) is 15.0 Å². The molecule has 1 aromatic carbocycles. The Morgan fingerprint density at radius 1 is 1.15 bits per heavy atom. The number of nitrogens with one attached hydrogen (secondary N) is 3. The van der Waals surface area contributed by atoms with Crippen LogP contribution in [-0.2, 0) is 34.0 Å². The fourth-order valence-electron chi connectivity index (χ4n) is 7.41. The molecule has 2 bridgehead atoms. The van der Waals surface area contributed by atoms with Crippen molar-refractivity contribution in [2.24, 2.45) is 28.6 Å². The van der Waals surface area contributed by atoms with Crippen LogP contribution in [0.1, 0.15) is 72.3 Å². The molecule has 2 fully saturated rings. The van der Waals surface area contributed by atoms with Crippen molar-refractivity contribution in [3.63, 3.8) is 0 Å². The molecular formula is C33H46N4O8S. The number of rotatable bonds is 15. The summed E-state index contributed by atoms with van der Waals surface area (Å²) >= 11 is 0. The van der Waals surface area contributed by atoms with Gasteiger partial charge >= 0.3 is 5.97 Å². The molecule has 0 spiro atoms. The number of carbonyl (C=O) groups excluding carboxylic acids is 4. The Morgan fingerprint density at radius 2 is 1.85 bits per heavy atom. The number of sulfonamides is 1. The largest absolute Gasteiger partial charge is 0.481 e. The van der Waals surface area contributed by atoms with Gasteiger partial charge in [0.2, 0.25) is 21.8 Å². The molecule has 2 aromatic rings. The maximum absolute atomic E-state index is 13.6. The summed E-state index contributed by atoms with van der Waals surface area (Å²) in [5.74, 6) is -4.84. The number of hydrogen-bond acceptors (Lipinski definition) is 7. The van der Waals surface area contributed by atoms with Gasteiger partial charge in [0, 0.05) is 42.3 Å². The van der Waals surface area contributed by atoms with E-state index in [0.29, 0.717) is 25.1 Å². The number of anilines is 1. The molecule has 1 aromatic heterocycles. The summed E-state index contributed by atoms with van der Waals surface area (Å²) in [7, 11) is -4.10. The number of aryl methyl sites for hydroxylation is 1. The Bertz CT molecular complexity index is 1650. The maximum Gasteiger partial charge on any atom is 0.305 e. The third-order valence-electron chi connectivity index (χ3n) is 10.5. The average Bonchev–Trinajstić information content (AvgIpc) is 3.55. The molecule has 4 N–H and O–H groups in total. The van der Waals surface area contributed by atoms with Gasteiger partial charge in [-0.05, 0) is 49.5 Å². The van der Waals surface area contributed by atoms with Crippen LogP contribution >= 0.6 is 0 Å². The number of carboxylic acids is 1. The highest BCUT2D eigenvalue weighted by Crippen LogP contribution is 2.64. The lowest BCUT2D eigenvalue weighted by Gasteiger charge is -2.36. The first kappa shape index (κ1) is 35.3. The molecule has 4 rings (SSSR count). The smallest absolute Gasteiger partial charge is 0.305 e. The Hall–Kier alpha value is -3.58. The summed E-state index contributed by atoms with van der Waals surface area (Å²) in [4.78, 5) is 69.5. The number of carbonyl (C=O) groups is 5. The summed E-state index contributed by atoms with van der Waals surface area (Å²) in [6.45, 7) is 10.7. The maximum atomic E-state index is 13.6. The van der Waals surface area contributed by atoms with Crippen molar-refractivity contribution in [2.45, 2.75) is 79.7 Å². The molecule has 0 radical (unpaired) electrons. The average molecular weight is 659 g/mol. The zero-order valence-electron chi connectivity index (χ0n) is 27.4. The van der Waals surface area contributed by atoms with E-state index in [-0.39, 0.29) is 29.9 Å². The van der Waals surface area contributed by atoms with E-state index in [9.17, 15) is 37.5 Å². The van der Waals surface area contributed by atoms with E-state index >= 15 is 0 Å². The van der Waals surface area contributed by atoms with Gasteiger partial charge in [0.25, 0.3) is 0 Å². The molecule has 46 heavy (non-hydrogen) atoms. The van der Waals surface area contributed by atoms with Crippen LogP contribution in [0.15, 0.2) is 24.4 Å². The zero-order chi connectivity index (χ0) is 34.2. The van der Waals surface area contributed by atoms with Crippen LogP contribution in [0.2, 0.25) is 0 Å². The van der Waals surface area contributed by atoms with E-state index in [1.807, 2.05) is 45.9 Å². The fraction of sp³-hybridized carbons (Fsp3) is 0.606. The number of carboxylic acid groups (broad SMARTS) is 1. The predicted molar refractivity (Wildman–Crippen MR) is 174 cm³/mol. The fourth-order valence-corrected chi connectivity index (χ4v) is 9.20. The minimum absolute atomic E-state index is 0.0859. The van der Waals surface area contributed by atoms with Crippen molar-refractivity contribution in [1.29, 1.82) is 0 Å². The third-order valence-corrected chi connectivity index (χ3v) is 11.9. The van der Waals surface area contributed by atoms with Gasteiger partial charge in [0.15, 0.2) is 5.78 Å². The molecule has 1 heterocycles. The first-order valence-electron chi connectivity index (χ1n) is 15.9. The first-order chi connectivity index (χ1) is 21.4. The molecule has 252 valence electrons. The van der Waals surface area contributed by atoms with E-state index < -0.39 is 69.2 Å². The lowest BCUT2D eigenvalue weighted by Crippen LogP contribution is -2.51. The number of aliphatic carboxylic acids is 1. The van der Waals surface area contributed by atoms with E-state index in [0.717, 1.165) is 22.9 Å². The van der Waals surface area contributed by atoms with Crippen LogP contribution in [0.3, 0.4) is 0 Å². The number of aromatic nitrogens is 1. The zero-order valence-corrected chi connectivity index (χ0v) is 28.3. The second kappa shape index (κ2) is 13.3. The van der Waals surface area contributed by atoms with E-state index in [2.05, 4.69) is 15.0 Å². The molecule has 12 nitrogen and oxygen atoms in total. The minimum atomic E-state index is -4.10. The van der Waals surface area contributed by atoms with Crippen molar-refractivity contribution in [3.8, 4) is 0 Å². The summed E-state index contributed by atoms with van der Waals surface area (Å²) in [6, 6.07) is 4.24. The summed E-state index contributed by atoms with van der Waals surface area (Å²) in [5.41, 5.74) is 1.07. The van der Waals surface area contributed by atoms with Gasteiger partial charge in [-0.3, -0.25) is 24.0 Å². The number of benzene rings is 1. The Morgan fingerprint density at radius 3 is 2.41 bits per heavy atom. The predicted octanol–water partition coefficient (Wildman–Crippen LogP) is 3.33. The number of fused-ring (bicyclic) bond motifs is 3. The van der Waals surface area contributed by atoms with Crippen LogP contribution in [0.4, 0.5) is 5.69 Å². The lowest BCUT2D eigenvalue weighted by atomic mass is 9.70. The number of Topliss-reactive ketones (excluding diaryl/α,β-unsaturated/α-hetero) is 2. The summed E-state index contributed by atoms with van der Waals surface area (Å²) < 4.78 is 28.5. The van der Waals surface area contributed by atoms with E-state index in [1.54, 1.807) is 24.9 Å². The standard InChI is InChI=1S/C33H46N4O8S/c1-7-37(25-16-34-30-20(4)9-8-10-22(25)30)28(40)14-23(19(2)3)31(43)36-24(15-29(41)42)26(38)17-35-46(44,45)18-33-12-11-21(13-27(33)39)32(33,5)6/h8-10,16,19,21,23-24,34-35H,7,11-15,17-18H2,1-6H3,(H,36,43)(H,41,42). The van der Waals surface area contributed by atoms with Gasteiger partial charge in [-0.15, -0.1) is 0 Å². The van der Waals surface area contributed by atoms with Crippen molar-refractivity contribution >= 4 is 56.0 Å². The molecule has 2 amide bonds. The van der Waals surface area contributed by atoms with Gasteiger partial charge in [-0.25, -0.2) is 13.1 Å². The highest BCUT2D eigenvalue weighted by Gasteiger charge is 2.65. The van der Waals surface area contributed by atoms with E-state index in [1.165, 1.54) is 0 Å². The molecular weight excluding hydrogens is 612 g/mol. The molecule has 2 aliphatic carbocycles. The van der Waals surface area contributed by atoms with Crippen molar-refractivity contribution in [3.05, 3.63) is 30.0 Å². The number of ketones is 2. The minimum Gasteiger partial charge on any atom is -0.481 e. The summed E-state index contributed by atoms with van der Waals surface area (Å²) in [5, 5.41) is 12.8. The number of hydrogen-bond donors (Lipinski definition) is 4. The molecule has 13 heteroatoms. The topological polar surface area (TPSA) is 183 Å². The molecule has 0 saturated heterocycles. The SMILES string of the molecule is CCN(C(=O)CC(C(=O)NC(CC(=O)O)C(=O)CNS(=O)(=O)CC12CCC(CC1=O)C2(C)C)C(C)C)c1c[nH]c2c(C)cccc12. The van der Waals surface area contributed by atoms with Gasteiger partial charge in [-0.1, -0.05) is 45.9 Å². The van der Waals surface area contributed by atoms with Crippen LogP contribution < -0.4 is 14.9 Å². The molecule has 4 atom stereocenters. The number of aromatic amines is 1. The van der Waals surface area contributed by atoms with Crippen LogP contribution in [0.5, 0.6) is 0 Å².